The van der Waals surface area contributed by atoms with Crippen molar-refractivity contribution in [2.75, 3.05) is 13.1 Å². The van der Waals surface area contributed by atoms with Gasteiger partial charge < -0.3 is 15.7 Å². The fourth-order valence-electron chi connectivity index (χ4n) is 2.01. The summed E-state index contributed by atoms with van der Waals surface area (Å²) >= 11 is 5.87. The van der Waals surface area contributed by atoms with Gasteiger partial charge in [0.2, 0.25) is 0 Å². The largest absolute Gasteiger partial charge is 0.507 e. The van der Waals surface area contributed by atoms with Gasteiger partial charge in [0.25, 0.3) is 17.5 Å². The van der Waals surface area contributed by atoms with E-state index in [2.05, 4.69) is 10.6 Å². The topological polar surface area (TPSA) is 122 Å². The first kappa shape index (κ1) is 18.2. The van der Waals surface area contributed by atoms with E-state index in [4.69, 9.17) is 11.6 Å². The molecular formula is C16H14ClN3O5. The molecule has 0 aliphatic carbocycles. The minimum absolute atomic E-state index is 0.0371. The SMILES string of the molecule is O=C(NCCNC(=O)c1ccc([N+](=O)[O-])cc1Cl)c1ccccc1O. The Balaban J connectivity index is 1.86. The molecule has 2 amide bonds. The summed E-state index contributed by atoms with van der Waals surface area (Å²) in [4.78, 5) is 33.9. The summed E-state index contributed by atoms with van der Waals surface area (Å²) in [5.74, 6) is -1.13. The average molecular weight is 364 g/mol. The summed E-state index contributed by atoms with van der Waals surface area (Å²) < 4.78 is 0. The fraction of sp³-hybridized carbons (Fsp3) is 0.125. The van der Waals surface area contributed by atoms with Crippen LogP contribution in [0.15, 0.2) is 42.5 Å². The third kappa shape index (κ3) is 4.67. The average Bonchev–Trinajstić information content (AvgIpc) is 2.58. The Morgan fingerprint density at radius 2 is 1.64 bits per heavy atom. The van der Waals surface area contributed by atoms with E-state index in [9.17, 15) is 24.8 Å². The molecule has 0 atom stereocenters. The normalized spacial score (nSPS) is 10.1. The van der Waals surface area contributed by atoms with Gasteiger partial charge in [-0.25, -0.2) is 0 Å². The zero-order chi connectivity index (χ0) is 18.4. The Labute approximate surface area is 147 Å². The number of halogens is 1. The number of para-hydroxylation sites is 1. The highest BCUT2D eigenvalue weighted by atomic mass is 35.5. The Morgan fingerprint density at radius 1 is 1.04 bits per heavy atom. The third-order valence-electron chi connectivity index (χ3n) is 3.25. The van der Waals surface area contributed by atoms with Crippen LogP contribution in [-0.4, -0.2) is 34.9 Å². The Kier molecular flexibility index (Phi) is 5.91. The molecule has 130 valence electrons. The number of non-ortho nitro benzene ring substituents is 1. The van der Waals surface area contributed by atoms with Gasteiger partial charge in [0.1, 0.15) is 5.75 Å². The quantitative estimate of drug-likeness (QED) is 0.412. The Morgan fingerprint density at radius 3 is 2.20 bits per heavy atom. The Hall–Kier alpha value is -3.13. The second-order valence-corrected chi connectivity index (χ2v) is 5.36. The van der Waals surface area contributed by atoms with Gasteiger partial charge in [0.05, 0.1) is 21.1 Å². The zero-order valence-corrected chi connectivity index (χ0v) is 13.6. The van der Waals surface area contributed by atoms with Gasteiger partial charge in [-0.1, -0.05) is 23.7 Å². The van der Waals surface area contributed by atoms with Crippen LogP contribution in [0.5, 0.6) is 5.75 Å². The number of carbonyl (C=O) groups is 2. The minimum Gasteiger partial charge on any atom is -0.507 e. The predicted molar refractivity (Wildman–Crippen MR) is 90.9 cm³/mol. The van der Waals surface area contributed by atoms with Crippen LogP contribution in [0, 0.1) is 10.1 Å². The monoisotopic (exact) mass is 363 g/mol. The lowest BCUT2D eigenvalue weighted by molar-refractivity contribution is -0.384. The van der Waals surface area contributed by atoms with Crippen molar-refractivity contribution in [3.63, 3.8) is 0 Å². The van der Waals surface area contributed by atoms with Crippen LogP contribution in [0.25, 0.3) is 0 Å². The van der Waals surface area contributed by atoms with Crippen LogP contribution in [0.4, 0.5) is 5.69 Å². The fourth-order valence-corrected chi connectivity index (χ4v) is 2.27. The number of phenols is 1. The number of nitrogens with one attached hydrogen (secondary N) is 2. The van der Waals surface area contributed by atoms with E-state index in [0.717, 1.165) is 6.07 Å². The molecule has 9 heteroatoms. The van der Waals surface area contributed by atoms with Crippen molar-refractivity contribution < 1.29 is 19.6 Å². The molecule has 0 spiro atoms. The molecule has 0 aliphatic rings. The minimum atomic E-state index is -0.609. The van der Waals surface area contributed by atoms with Crippen molar-refractivity contribution in [2.45, 2.75) is 0 Å². The second-order valence-electron chi connectivity index (χ2n) is 4.95. The van der Waals surface area contributed by atoms with E-state index in [1.54, 1.807) is 12.1 Å². The third-order valence-corrected chi connectivity index (χ3v) is 3.57. The number of nitrogens with zero attached hydrogens (tertiary/aromatic N) is 1. The molecule has 0 aromatic heterocycles. The van der Waals surface area contributed by atoms with Crippen molar-refractivity contribution in [1.82, 2.24) is 10.6 Å². The van der Waals surface area contributed by atoms with E-state index in [0.29, 0.717) is 0 Å². The molecule has 2 aromatic carbocycles. The number of phenolic OH excluding ortho intramolecular Hbond substituents is 1. The van der Waals surface area contributed by atoms with Gasteiger partial charge in [0.15, 0.2) is 0 Å². The van der Waals surface area contributed by atoms with Gasteiger partial charge >= 0.3 is 0 Å². The molecule has 2 rings (SSSR count). The van der Waals surface area contributed by atoms with Gasteiger partial charge in [-0.3, -0.25) is 19.7 Å². The zero-order valence-electron chi connectivity index (χ0n) is 12.9. The Bertz CT molecular complexity index is 825. The number of carbonyl (C=O) groups excluding carboxylic acids is 2. The molecular weight excluding hydrogens is 350 g/mol. The molecule has 0 saturated carbocycles. The highest BCUT2D eigenvalue weighted by molar-refractivity contribution is 6.34. The van der Waals surface area contributed by atoms with Crippen LogP contribution >= 0.6 is 11.6 Å². The molecule has 8 nitrogen and oxygen atoms in total. The molecule has 2 aromatic rings. The molecule has 0 unspecified atom stereocenters. The summed E-state index contributed by atoms with van der Waals surface area (Å²) in [6.45, 7) is 0.245. The number of nitro benzene ring substituents is 1. The molecule has 0 radical (unpaired) electrons. The first-order valence-corrected chi connectivity index (χ1v) is 7.56. The molecule has 3 N–H and O–H groups in total. The summed E-state index contributed by atoms with van der Waals surface area (Å²) in [7, 11) is 0. The van der Waals surface area contributed by atoms with E-state index >= 15 is 0 Å². The number of benzene rings is 2. The number of rotatable bonds is 6. The molecule has 0 saturated heterocycles. The lowest BCUT2D eigenvalue weighted by Crippen LogP contribution is -2.34. The summed E-state index contributed by atoms with van der Waals surface area (Å²) in [5, 5.41) is 25.3. The van der Waals surface area contributed by atoms with Crippen LogP contribution < -0.4 is 10.6 Å². The highest BCUT2D eigenvalue weighted by Gasteiger charge is 2.15. The van der Waals surface area contributed by atoms with Crippen molar-refractivity contribution in [1.29, 1.82) is 0 Å². The smallest absolute Gasteiger partial charge is 0.270 e. The van der Waals surface area contributed by atoms with Crippen molar-refractivity contribution in [2.24, 2.45) is 0 Å². The van der Waals surface area contributed by atoms with E-state index in [1.807, 2.05) is 0 Å². The van der Waals surface area contributed by atoms with Gasteiger partial charge in [0, 0.05) is 25.2 Å². The number of aromatic hydroxyl groups is 1. The van der Waals surface area contributed by atoms with Gasteiger partial charge in [-0.15, -0.1) is 0 Å². The first-order valence-electron chi connectivity index (χ1n) is 7.18. The molecule has 0 aliphatic heterocycles. The van der Waals surface area contributed by atoms with E-state index in [1.165, 1.54) is 24.3 Å². The number of hydrogen-bond acceptors (Lipinski definition) is 5. The summed E-state index contributed by atoms with van der Waals surface area (Å²) in [5.41, 5.74) is 0.0167. The molecule has 0 fully saturated rings. The number of hydrogen-bond donors (Lipinski definition) is 3. The highest BCUT2D eigenvalue weighted by Crippen LogP contribution is 2.22. The van der Waals surface area contributed by atoms with Crippen LogP contribution in [0.3, 0.4) is 0 Å². The lowest BCUT2D eigenvalue weighted by Gasteiger charge is -2.09. The number of amides is 2. The van der Waals surface area contributed by atoms with Crippen molar-refractivity contribution in [3.05, 3.63) is 68.7 Å². The maximum atomic E-state index is 12.0. The van der Waals surface area contributed by atoms with Gasteiger partial charge in [-0.05, 0) is 18.2 Å². The maximum absolute atomic E-state index is 12.0. The molecule has 0 bridgehead atoms. The van der Waals surface area contributed by atoms with Crippen molar-refractivity contribution >= 4 is 29.1 Å². The van der Waals surface area contributed by atoms with Crippen molar-refractivity contribution in [3.8, 4) is 5.75 Å². The van der Waals surface area contributed by atoms with Gasteiger partial charge in [-0.2, -0.15) is 0 Å². The van der Waals surface area contributed by atoms with Crippen LogP contribution in [0.2, 0.25) is 5.02 Å². The van der Waals surface area contributed by atoms with E-state index in [-0.39, 0.29) is 40.7 Å². The lowest BCUT2D eigenvalue weighted by atomic mass is 10.2. The molecule has 0 heterocycles. The standard InChI is InChI=1S/C16H14ClN3O5/c17-13-9-10(20(24)25)5-6-11(13)15(22)18-7-8-19-16(23)12-3-1-2-4-14(12)21/h1-6,9,21H,7-8H2,(H,18,22)(H,19,23). The maximum Gasteiger partial charge on any atom is 0.270 e. The molecule has 25 heavy (non-hydrogen) atoms. The first-order chi connectivity index (χ1) is 11.9. The van der Waals surface area contributed by atoms with E-state index < -0.39 is 16.7 Å². The summed E-state index contributed by atoms with van der Waals surface area (Å²) in [6, 6.07) is 9.62. The predicted octanol–water partition coefficient (Wildman–Crippen LogP) is 2.11. The van der Waals surface area contributed by atoms with Crippen LogP contribution in [-0.2, 0) is 0 Å². The summed E-state index contributed by atoms with van der Waals surface area (Å²) in [6.07, 6.45) is 0. The number of nitro groups is 1. The van der Waals surface area contributed by atoms with Crippen LogP contribution in [0.1, 0.15) is 20.7 Å². The second kappa shape index (κ2) is 8.11.